The van der Waals surface area contributed by atoms with Gasteiger partial charge in [-0.15, -0.1) is 0 Å². The van der Waals surface area contributed by atoms with Gasteiger partial charge in [0, 0.05) is 44.0 Å². The van der Waals surface area contributed by atoms with Gasteiger partial charge in [-0.05, 0) is 54.2 Å². The Kier molecular flexibility index (Phi) is 4.37. The molecule has 7 heteroatoms. The summed E-state index contributed by atoms with van der Waals surface area (Å²) in [6.07, 6.45) is 1.90. The molecule has 0 aromatic heterocycles. The molecule has 3 heterocycles. The number of fused-ring (bicyclic) bond motifs is 3. The maximum Gasteiger partial charge on any atom is 0.249 e. The van der Waals surface area contributed by atoms with E-state index >= 15 is 0 Å². The number of carbonyl (C=O) groups excluding carboxylic acids is 3. The third-order valence-electron chi connectivity index (χ3n) is 7.49. The van der Waals surface area contributed by atoms with E-state index in [1.165, 1.54) is 16.8 Å². The van der Waals surface area contributed by atoms with Gasteiger partial charge in [0.25, 0.3) is 0 Å². The van der Waals surface area contributed by atoms with Crippen LogP contribution < -0.4 is 20.4 Å². The maximum absolute atomic E-state index is 14.0. The van der Waals surface area contributed by atoms with Crippen molar-refractivity contribution < 1.29 is 14.4 Å². The van der Waals surface area contributed by atoms with Gasteiger partial charge in [0.2, 0.25) is 17.7 Å². The van der Waals surface area contributed by atoms with Gasteiger partial charge < -0.3 is 10.2 Å². The van der Waals surface area contributed by atoms with Crippen LogP contribution in [0.5, 0.6) is 0 Å². The number of hydrogen-bond donors (Lipinski definition) is 2. The fourth-order valence-electron chi connectivity index (χ4n) is 5.90. The first-order chi connectivity index (χ1) is 15.6. The van der Waals surface area contributed by atoms with Crippen molar-refractivity contribution in [3.05, 3.63) is 59.2 Å². The Labute approximate surface area is 186 Å². The van der Waals surface area contributed by atoms with E-state index < -0.39 is 11.5 Å². The molecule has 32 heavy (non-hydrogen) atoms. The minimum absolute atomic E-state index is 0.0203. The molecule has 2 saturated heterocycles. The van der Waals surface area contributed by atoms with Crippen LogP contribution in [0, 0.1) is 0 Å². The second kappa shape index (κ2) is 7.17. The van der Waals surface area contributed by atoms with Crippen LogP contribution in [0.15, 0.2) is 42.5 Å². The molecule has 2 aromatic rings. The fraction of sp³-hybridized carbons (Fsp3) is 0.400. The molecule has 2 unspecified atom stereocenters. The van der Waals surface area contributed by atoms with Crippen LogP contribution >= 0.6 is 0 Å². The lowest BCUT2D eigenvalue weighted by atomic mass is 9.79. The Balaban J connectivity index is 1.37. The number of para-hydroxylation sites is 1. The standard InChI is InChI=1S/C25H26N4O3/c30-22-8-7-21(23(31)27-22)29-20-4-2-1-3-19(20)25(24(29)32)14-16-5-6-18(13-17(16)15-25)28-11-9-26-10-12-28/h1-6,13,21,26H,7-12,14-15H2,(H,27,30,31). The number of benzene rings is 2. The van der Waals surface area contributed by atoms with E-state index in [1.54, 1.807) is 4.90 Å². The Morgan fingerprint density at radius 2 is 1.72 bits per heavy atom. The zero-order chi connectivity index (χ0) is 21.9. The van der Waals surface area contributed by atoms with Crippen molar-refractivity contribution in [1.29, 1.82) is 0 Å². The zero-order valence-electron chi connectivity index (χ0n) is 17.9. The van der Waals surface area contributed by atoms with Crippen LogP contribution in [0.2, 0.25) is 0 Å². The Bertz CT molecular complexity index is 1140. The molecule has 164 valence electrons. The Morgan fingerprint density at radius 1 is 0.938 bits per heavy atom. The first-order valence-corrected chi connectivity index (χ1v) is 11.4. The van der Waals surface area contributed by atoms with Crippen molar-refractivity contribution in [2.75, 3.05) is 36.0 Å². The van der Waals surface area contributed by atoms with Crippen LogP contribution in [0.1, 0.15) is 29.5 Å². The molecule has 3 amide bonds. The molecule has 6 rings (SSSR count). The lowest BCUT2D eigenvalue weighted by Crippen LogP contribution is -2.55. The number of piperidine rings is 1. The van der Waals surface area contributed by atoms with Crippen molar-refractivity contribution >= 4 is 29.1 Å². The molecular weight excluding hydrogens is 404 g/mol. The highest BCUT2D eigenvalue weighted by molar-refractivity contribution is 6.14. The summed E-state index contributed by atoms with van der Waals surface area (Å²) in [4.78, 5) is 42.4. The van der Waals surface area contributed by atoms with Gasteiger partial charge >= 0.3 is 0 Å². The number of hydrogen-bond acceptors (Lipinski definition) is 5. The molecule has 7 nitrogen and oxygen atoms in total. The number of carbonyl (C=O) groups is 3. The number of nitrogens with zero attached hydrogens (tertiary/aromatic N) is 2. The summed E-state index contributed by atoms with van der Waals surface area (Å²) in [5.41, 5.74) is 4.76. The average molecular weight is 431 g/mol. The van der Waals surface area contributed by atoms with Crippen LogP contribution in [-0.4, -0.2) is 49.9 Å². The van der Waals surface area contributed by atoms with E-state index in [0.717, 1.165) is 37.4 Å². The molecule has 2 aromatic carbocycles. The highest BCUT2D eigenvalue weighted by Gasteiger charge is 2.56. The third-order valence-corrected chi connectivity index (χ3v) is 7.49. The monoisotopic (exact) mass is 430 g/mol. The summed E-state index contributed by atoms with van der Waals surface area (Å²) in [6.45, 7) is 3.92. The largest absolute Gasteiger partial charge is 0.369 e. The van der Waals surface area contributed by atoms with E-state index in [4.69, 9.17) is 0 Å². The van der Waals surface area contributed by atoms with Crippen molar-refractivity contribution in [3.63, 3.8) is 0 Å². The number of piperazine rings is 1. The van der Waals surface area contributed by atoms with Gasteiger partial charge in [-0.25, -0.2) is 0 Å². The van der Waals surface area contributed by atoms with Crippen LogP contribution in [0.3, 0.4) is 0 Å². The van der Waals surface area contributed by atoms with E-state index in [2.05, 4.69) is 33.7 Å². The second-order valence-electron chi connectivity index (χ2n) is 9.28. The number of rotatable bonds is 2. The molecule has 2 N–H and O–H groups in total. The SMILES string of the molecule is O=C1CCC(N2C(=O)C3(Cc4ccc(N5CCNCC5)cc4C3)c3ccccc32)C(=O)N1. The second-order valence-corrected chi connectivity index (χ2v) is 9.28. The highest BCUT2D eigenvalue weighted by Crippen LogP contribution is 2.51. The highest BCUT2D eigenvalue weighted by atomic mass is 16.2. The van der Waals surface area contributed by atoms with E-state index in [0.29, 0.717) is 19.3 Å². The van der Waals surface area contributed by atoms with Gasteiger partial charge in [0.15, 0.2) is 0 Å². The van der Waals surface area contributed by atoms with Gasteiger partial charge in [-0.1, -0.05) is 24.3 Å². The van der Waals surface area contributed by atoms with Crippen molar-refractivity contribution in [1.82, 2.24) is 10.6 Å². The van der Waals surface area contributed by atoms with E-state index in [9.17, 15) is 14.4 Å². The van der Waals surface area contributed by atoms with E-state index in [-0.39, 0.29) is 24.1 Å². The van der Waals surface area contributed by atoms with Crippen molar-refractivity contribution in [3.8, 4) is 0 Å². The minimum atomic E-state index is -0.678. The summed E-state index contributed by atoms with van der Waals surface area (Å²) < 4.78 is 0. The average Bonchev–Trinajstić information content (AvgIpc) is 3.31. The molecule has 0 saturated carbocycles. The molecule has 1 spiro atoms. The van der Waals surface area contributed by atoms with Gasteiger partial charge in [0.05, 0.1) is 5.41 Å². The third kappa shape index (κ3) is 2.80. The molecule has 0 bridgehead atoms. The quantitative estimate of drug-likeness (QED) is 0.702. The fourth-order valence-corrected chi connectivity index (χ4v) is 5.90. The summed E-state index contributed by atoms with van der Waals surface area (Å²) >= 11 is 0. The van der Waals surface area contributed by atoms with E-state index in [1.807, 2.05) is 24.3 Å². The van der Waals surface area contributed by atoms with Gasteiger partial charge in [0.1, 0.15) is 6.04 Å². The number of amides is 3. The predicted molar refractivity (Wildman–Crippen MR) is 121 cm³/mol. The smallest absolute Gasteiger partial charge is 0.249 e. The molecule has 1 aliphatic carbocycles. The van der Waals surface area contributed by atoms with Crippen LogP contribution in [0.4, 0.5) is 11.4 Å². The number of anilines is 2. The molecule has 0 radical (unpaired) electrons. The van der Waals surface area contributed by atoms with Crippen LogP contribution in [-0.2, 0) is 32.6 Å². The van der Waals surface area contributed by atoms with Gasteiger partial charge in [-0.2, -0.15) is 0 Å². The molecule has 2 atom stereocenters. The normalized spacial score (nSPS) is 27.0. The number of imide groups is 1. The van der Waals surface area contributed by atoms with Crippen LogP contribution in [0.25, 0.3) is 0 Å². The molecule has 3 aliphatic heterocycles. The van der Waals surface area contributed by atoms with Crippen molar-refractivity contribution in [2.24, 2.45) is 0 Å². The topological polar surface area (TPSA) is 81.8 Å². The lowest BCUT2D eigenvalue weighted by Gasteiger charge is -2.31. The summed E-state index contributed by atoms with van der Waals surface area (Å²) in [5, 5.41) is 5.81. The molecular formula is C25H26N4O3. The zero-order valence-corrected chi connectivity index (χ0v) is 17.9. The van der Waals surface area contributed by atoms with Crippen molar-refractivity contribution in [2.45, 2.75) is 37.1 Å². The molecule has 2 fully saturated rings. The summed E-state index contributed by atoms with van der Waals surface area (Å²) in [7, 11) is 0. The maximum atomic E-state index is 14.0. The Morgan fingerprint density at radius 3 is 2.53 bits per heavy atom. The minimum Gasteiger partial charge on any atom is -0.369 e. The number of nitrogens with one attached hydrogen (secondary N) is 2. The lowest BCUT2D eigenvalue weighted by molar-refractivity contribution is -0.136. The predicted octanol–water partition coefficient (Wildman–Crippen LogP) is 1.28. The molecule has 4 aliphatic rings. The van der Waals surface area contributed by atoms with Gasteiger partial charge in [-0.3, -0.25) is 24.6 Å². The summed E-state index contributed by atoms with van der Waals surface area (Å²) in [6, 6.07) is 13.8. The first kappa shape index (κ1) is 19.5. The first-order valence-electron chi connectivity index (χ1n) is 11.4. The summed E-state index contributed by atoms with van der Waals surface area (Å²) in [5.74, 6) is -0.666. The Hall–Kier alpha value is -3.19.